The van der Waals surface area contributed by atoms with E-state index in [0.29, 0.717) is 11.3 Å². The number of barbiturate groups is 1. The van der Waals surface area contributed by atoms with Crippen LogP contribution in [0.5, 0.6) is 0 Å². The average molecular weight is 472 g/mol. The molecule has 0 spiro atoms. The third-order valence-electron chi connectivity index (χ3n) is 4.63. The molecule has 0 N–H and O–H groups in total. The van der Waals surface area contributed by atoms with Crippen LogP contribution in [0.2, 0.25) is 0 Å². The topological polar surface area (TPSA) is 70.2 Å². The molecule has 0 atom stereocenters. The molecule has 4 amide bonds. The average Bonchev–Trinajstić information content (AvgIpc) is 2.72. The third kappa shape index (κ3) is 4.29. The van der Waals surface area contributed by atoms with Gasteiger partial charge >= 0.3 is 6.03 Å². The predicted octanol–water partition coefficient (Wildman–Crippen LogP) is 3.54. The Hall–Kier alpha value is -2.97. The van der Waals surface area contributed by atoms with E-state index in [1.165, 1.54) is 13.2 Å². The van der Waals surface area contributed by atoms with Crippen LogP contribution in [0, 0.1) is 0 Å². The summed E-state index contributed by atoms with van der Waals surface area (Å²) in [6, 6.07) is 13.4. The van der Waals surface area contributed by atoms with Crippen LogP contribution >= 0.6 is 15.9 Å². The third-order valence-corrected chi connectivity index (χ3v) is 5.26. The molecule has 0 aromatic heterocycles. The lowest BCUT2D eigenvalue weighted by atomic mass is 10.1. The first kappa shape index (κ1) is 21.7. The highest BCUT2D eigenvalue weighted by molar-refractivity contribution is 9.10. The van der Waals surface area contributed by atoms with Crippen molar-refractivity contribution < 1.29 is 19.1 Å². The summed E-state index contributed by atoms with van der Waals surface area (Å²) in [6.45, 7) is 0.218. The quantitative estimate of drug-likeness (QED) is 0.475. The molecule has 2 aromatic carbocycles. The molecule has 0 bridgehead atoms. The highest BCUT2D eigenvalue weighted by Gasteiger charge is 2.42. The van der Waals surface area contributed by atoms with Gasteiger partial charge in [0, 0.05) is 25.7 Å². The van der Waals surface area contributed by atoms with Crippen LogP contribution < -0.4 is 9.80 Å². The van der Waals surface area contributed by atoms with E-state index in [-0.39, 0.29) is 18.7 Å². The van der Waals surface area contributed by atoms with Gasteiger partial charge in [-0.3, -0.25) is 14.5 Å². The number of nitrogens with zero attached hydrogens (tertiary/aromatic N) is 3. The van der Waals surface area contributed by atoms with Crippen LogP contribution in [0.25, 0.3) is 6.08 Å². The van der Waals surface area contributed by atoms with Crippen molar-refractivity contribution >= 4 is 51.2 Å². The van der Waals surface area contributed by atoms with Crippen molar-refractivity contribution in [3.8, 4) is 0 Å². The lowest BCUT2D eigenvalue weighted by Gasteiger charge is -2.33. The molecule has 2 aromatic rings. The van der Waals surface area contributed by atoms with Gasteiger partial charge in [-0.15, -0.1) is 0 Å². The van der Waals surface area contributed by atoms with Gasteiger partial charge in [-0.25, -0.2) is 9.69 Å². The number of methoxy groups -OCH3 is 1. The van der Waals surface area contributed by atoms with E-state index in [9.17, 15) is 14.4 Å². The summed E-state index contributed by atoms with van der Waals surface area (Å²) < 4.78 is 5.86. The van der Waals surface area contributed by atoms with Crippen molar-refractivity contribution in [3.63, 3.8) is 0 Å². The Morgan fingerprint density at radius 3 is 2.33 bits per heavy atom. The Morgan fingerprint density at radius 2 is 1.73 bits per heavy atom. The van der Waals surface area contributed by atoms with E-state index in [0.717, 1.165) is 20.0 Å². The van der Waals surface area contributed by atoms with Crippen LogP contribution in [-0.2, 0) is 14.3 Å². The van der Waals surface area contributed by atoms with E-state index in [4.69, 9.17) is 4.74 Å². The second-order valence-corrected chi connectivity index (χ2v) is 7.73. The molecule has 1 fully saturated rings. The number of halogens is 1. The number of amides is 4. The van der Waals surface area contributed by atoms with Gasteiger partial charge in [0.05, 0.1) is 24.5 Å². The Morgan fingerprint density at radius 1 is 1.03 bits per heavy atom. The number of hydrogen-bond donors (Lipinski definition) is 0. The molecular formula is C22H22BrN3O4. The zero-order valence-electron chi connectivity index (χ0n) is 17.0. The monoisotopic (exact) mass is 471 g/mol. The zero-order valence-corrected chi connectivity index (χ0v) is 18.5. The van der Waals surface area contributed by atoms with E-state index >= 15 is 0 Å². The van der Waals surface area contributed by atoms with Gasteiger partial charge in [0.2, 0.25) is 0 Å². The van der Waals surface area contributed by atoms with Crippen LogP contribution in [0.1, 0.15) is 5.56 Å². The molecule has 0 unspecified atom stereocenters. The number of carbonyl (C=O) groups is 3. The molecule has 156 valence electrons. The molecule has 7 nitrogen and oxygen atoms in total. The molecule has 30 heavy (non-hydrogen) atoms. The Balaban J connectivity index is 2.06. The molecule has 0 aliphatic carbocycles. The number of imide groups is 2. The summed E-state index contributed by atoms with van der Waals surface area (Å²) in [5.74, 6) is -1.29. The summed E-state index contributed by atoms with van der Waals surface area (Å²) in [5.41, 5.74) is 1.94. The molecule has 8 heteroatoms. The summed E-state index contributed by atoms with van der Waals surface area (Å²) in [4.78, 5) is 43.1. The lowest BCUT2D eigenvalue weighted by molar-refractivity contribution is -0.129. The number of ether oxygens (including phenoxy) is 1. The standard InChI is InChI=1S/C22H22BrN3O4/c1-24(2)19-10-9-15(14-18(19)23)13-17-20(27)25(11-12-30-3)22(29)26(21(17)28)16-7-5-4-6-8-16/h4-10,13-14H,11-12H2,1-3H3/b17-13+. The van der Waals surface area contributed by atoms with E-state index in [1.807, 2.05) is 37.2 Å². The second-order valence-electron chi connectivity index (χ2n) is 6.87. The maximum atomic E-state index is 13.2. The summed E-state index contributed by atoms with van der Waals surface area (Å²) >= 11 is 3.51. The molecular weight excluding hydrogens is 450 g/mol. The number of benzene rings is 2. The van der Waals surface area contributed by atoms with Gasteiger partial charge in [0.25, 0.3) is 11.8 Å². The maximum Gasteiger partial charge on any atom is 0.338 e. The summed E-state index contributed by atoms with van der Waals surface area (Å²) in [7, 11) is 5.33. The van der Waals surface area contributed by atoms with E-state index < -0.39 is 17.8 Å². The normalized spacial score (nSPS) is 15.9. The fourth-order valence-corrected chi connectivity index (χ4v) is 3.85. The summed E-state index contributed by atoms with van der Waals surface area (Å²) in [6.07, 6.45) is 1.51. The van der Waals surface area contributed by atoms with Gasteiger partial charge in [0.15, 0.2) is 0 Å². The first-order chi connectivity index (χ1) is 14.3. The minimum Gasteiger partial charge on any atom is -0.383 e. The Kier molecular flexibility index (Phi) is 6.69. The number of para-hydroxylation sites is 1. The zero-order chi connectivity index (χ0) is 21.8. The number of hydrogen-bond acceptors (Lipinski definition) is 5. The van der Waals surface area contributed by atoms with Gasteiger partial charge in [-0.1, -0.05) is 24.3 Å². The fourth-order valence-electron chi connectivity index (χ4n) is 3.10. The minimum atomic E-state index is -0.686. The fraction of sp³-hybridized carbons (Fsp3) is 0.227. The van der Waals surface area contributed by atoms with Crippen molar-refractivity contribution in [2.45, 2.75) is 0 Å². The van der Waals surface area contributed by atoms with E-state index in [2.05, 4.69) is 15.9 Å². The highest BCUT2D eigenvalue weighted by Crippen LogP contribution is 2.29. The second kappa shape index (κ2) is 9.23. The number of urea groups is 1. The van der Waals surface area contributed by atoms with Crippen molar-refractivity contribution in [1.29, 1.82) is 0 Å². The maximum absolute atomic E-state index is 13.2. The lowest BCUT2D eigenvalue weighted by Crippen LogP contribution is -2.57. The predicted molar refractivity (Wildman–Crippen MR) is 119 cm³/mol. The Labute approximate surface area is 183 Å². The van der Waals surface area contributed by atoms with Crippen molar-refractivity contribution in [2.75, 3.05) is 44.2 Å². The molecule has 0 saturated carbocycles. The molecule has 3 rings (SSSR count). The molecule has 0 radical (unpaired) electrons. The van der Waals surface area contributed by atoms with Gasteiger partial charge in [0.1, 0.15) is 5.57 Å². The smallest absolute Gasteiger partial charge is 0.338 e. The minimum absolute atomic E-state index is 0.0470. The van der Waals surface area contributed by atoms with Crippen molar-refractivity contribution in [2.24, 2.45) is 0 Å². The van der Waals surface area contributed by atoms with Gasteiger partial charge in [-0.2, -0.15) is 0 Å². The highest BCUT2D eigenvalue weighted by atomic mass is 79.9. The van der Waals surface area contributed by atoms with Crippen LogP contribution in [0.3, 0.4) is 0 Å². The van der Waals surface area contributed by atoms with Crippen molar-refractivity contribution in [3.05, 3.63) is 64.1 Å². The molecule has 1 saturated heterocycles. The SMILES string of the molecule is COCCN1C(=O)/C(=C\c2ccc(N(C)C)c(Br)c2)C(=O)N(c2ccccc2)C1=O. The Bertz CT molecular complexity index is 1000. The number of anilines is 2. The molecule has 1 aliphatic rings. The van der Waals surface area contributed by atoms with Crippen molar-refractivity contribution in [1.82, 2.24) is 4.90 Å². The number of carbonyl (C=O) groups excluding carboxylic acids is 3. The van der Waals surface area contributed by atoms with Crippen LogP contribution in [-0.4, -0.2) is 57.1 Å². The molecule has 1 aliphatic heterocycles. The van der Waals surface area contributed by atoms with Crippen LogP contribution in [0.4, 0.5) is 16.2 Å². The first-order valence-corrected chi connectivity index (χ1v) is 10.1. The molecule has 1 heterocycles. The van der Waals surface area contributed by atoms with Gasteiger partial charge in [-0.05, 0) is 51.8 Å². The van der Waals surface area contributed by atoms with Gasteiger partial charge < -0.3 is 9.64 Å². The van der Waals surface area contributed by atoms with E-state index in [1.54, 1.807) is 30.3 Å². The number of rotatable bonds is 6. The largest absolute Gasteiger partial charge is 0.383 e. The summed E-state index contributed by atoms with van der Waals surface area (Å²) in [5, 5.41) is 0. The first-order valence-electron chi connectivity index (χ1n) is 9.28. The van der Waals surface area contributed by atoms with Crippen LogP contribution in [0.15, 0.2) is 58.6 Å².